The van der Waals surface area contributed by atoms with E-state index in [2.05, 4.69) is 13.8 Å². The SMILES string of the molecule is COC(CC1CCC(C(C)C)CC1)C(=O)O. The Bertz CT molecular complexity index is 217. The Labute approximate surface area is 98.2 Å². The van der Waals surface area contributed by atoms with Gasteiger partial charge in [0.15, 0.2) is 6.10 Å². The van der Waals surface area contributed by atoms with Crippen molar-refractivity contribution in [3.63, 3.8) is 0 Å². The van der Waals surface area contributed by atoms with Crippen LogP contribution in [0, 0.1) is 17.8 Å². The van der Waals surface area contributed by atoms with Gasteiger partial charge in [-0.1, -0.05) is 26.7 Å². The maximum atomic E-state index is 10.9. The third-order valence-corrected chi connectivity index (χ3v) is 3.94. The van der Waals surface area contributed by atoms with Crippen LogP contribution >= 0.6 is 0 Å². The van der Waals surface area contributed by atoms with Crippen molar-refractivity contribution in [2.45, 2.75) is 52.1 Å². The third kappa shape index (κ3) is 3.78. The van der Waals surface area contributed by atoms with Gasteiger partial charge in [0.25, 0.3) is 0 Å². The van der Waals surface area contributed by atoms with Crippen LogP contribution in [-0.4, -0.2) is 24.3 Å². The molecule has 1 rings (SSSR count). The van der Waals surface area contributed by atoms with Crippen molar-refractivity contribution in [2.24, 2.45) is 17.8 Å². The lowest BCUT2D eigenvalue weighted by molar-refractivity contribution is -0.149. The molecule has 0 aromatic heterocycles. The molecule has 0 heterocycles. The van der Waals surface area contributed by atoms with Crippen molar-refractivity contribution in [2.75, 3.05) is 7.11 Å². The van der Waals surface area contributed by atoms with Gasteiger partial charge in [-0.3, -0.25) is 0 Å². The lowest BCUT2D eigenvalue weighted by Crippen LogP contribution is -2.28. The van der Waals surface area contributed by atoms with Crippen LogP contribution in [0.5, 0.6) is 0 Å². The number of carboxylic acid groups (broad SMARTS) is 1. The number of rotatable bonds is 5. The summed E-state index contributed by atoms with van der Waals surface area (Å²) < 4.78 is 4.99. The third-order valence-electron chi connectivity index (χ3n) is 3.94. The first-order valence-corrected chi connectivity index (χ1v) is 6.30. The molecule has 3 nitrogen and oxygen atoms in total. The Kier molecular flexibility index (Phi) is 5.26. The van der Waals surface area contributed by atoms with Gasteiger partial charge in [-0.2, -0.15) is 0 Å². The fraction of sp³-hybridized carbons (Fsp3) is 0.923. The van der Waals surface area contributed by atoms with Gasteiger partial charge in [0.05, 0.1) is 0 Å². The Morgan fingerprint density at radius 2 is 1.88 bits per heavy atom. The minimum Gasteiger partial charge on any atom is -0.479 e. The van der Waals surface area contributed by atoms with Crippen molar-refractivity contribution in [3.8, 4) is 0 Å². The monoisotopic (exact) mass is 228 g/mol. The summed E-state index contributed by atoms with van der Waals surface area (Å²) in [5.74, 6) is 1.31. The average molecular weight is 228 g/mol. The van der Waals surface area contributed by atoms with E-state index in [0.29, 0.717) is 12.3 Å². The second kappa shape index (κ2) is 6.24. The molecule has 0 aromatic rings. The van der Waals surface area contributed by atoms with E-state index in [1.807, 2.05) is 0 Å². The molecule has 1 atom stereocenters. The topological polar surface area (TPSA) is 46.5 Å². The van der Waals surface area contributed by atoms with Crippen molar-refractivity contribution in [1.82, 2.24) is 0 Å². The first-order valence-electron chi connectivity index (χ1n) is 6.30. The van der Waals surface area contributed by atoms with Crippen LogP contribution in [0.25, 0.3) is 0 Å². The van der Waals surface area contributed by atoms with Gasteiger partial charge in [0, 0.05) is 7.11 Å². The lowest BCUT2D eigenvalue weighted by atomic mass is 9.75. The quantitative estimate of drug-likeness (QED) is 0.787. The Hall–Kier alpha value is -0.570. The molecule has 1 aliphatic carbocycles. The van der Waals surface area contributed by atoms with E-state index in [1.54, 1.807) is 0 Å². The molecule has 1 saturated carbocycles. The fourth-order valence-corrected chi connectivity index (χ4v) is 2.69. The maximum absolute atomic E-state index is 10.9. The smallest absolute Gasteiger partial charge is 0.332 e. The Morgan fingerprint density at radius 1 is 1.31 bits per heavy atom. The second-order valence-corrected chi connectivity index (χ2v) is 5.32. The molecule has 0 amide bonds. The largest absolute Gasteiger partial charge is 0.479 e. The van der Waals surface area contributed by atoms with Gasteiger partial charge < -0.3 is 9.84 Å². The lowest BCUT2D eigenvalue weighted by Gasteiger charge is -2.31. The van der Waals surface area contributed by atoms with Crippen LogP contribution in [0.15, 0.2) is 0 Å². The van der Waals surface area contributed by atoms with Crippen LogP contribution in [0.1, 0.15) is 46.0 Å². The summed E-state index contributed by atoms with van der Waals surface area (Å²) in [6.45, 7) is 4.56. The van der Waals surface area contributed by atoms with Crippen LogP contribution < -0.4 is 0 Å². The minimum absolute atomic E-state index is 0.538. The number of aliphatic carboxylic acids is 1. The molecule has 1 unspecified atom stereocenters. The van der Waals surface area contributed by atoms with Gasteiger partial charge in [0.1, 0.15) is 0 Å². The van der Waals surface area contributed by atoms with E-state index >= 15 is 0 Å². The molecule has 1 aliphatic rings. The van der Waals surface area contributed by atoms with Gasteiger partial charge in [0.2, 0.25) is 0 Å². The highest BCUT2D eigenvalue weighted by molar-refractivity contribution is 5.72. The van der Waals surface area contributed by atoms with E-state index in [1.165, 1.54) is 20.0 Å². The number of hydrogen-bond acceptors (Lipinski definition) is 2. The minimum atomic E-state index is -0.825. The Balaban J connectivity index is 2.34. The molecule has 0 aromatic carbocycles. The molecule has 16 heavy (non-hydrogen) atoms. The summed E-state index contributed by atoms with van der Waals surface area (Å²) in [6, 6.07) is 0. The number of hydrogen-bond donors (Lipinski definition) is 1. The van der Waals surface area contributed by atoms with E-state index < -0.39 is 12.1 Å². The summed E-state index contributed by atoms with van der Waals surface area (Å²) >= 11 is 0. The number of ether oxygens (including phenoxy) is 1. The first kappa shape index (κ1) is 13.5. The molecule has 1 N–H and O–H groups in total. The normalized spacial score (nSPS) is 28.0. The number of carboxylic acids is 1. The van der Waals surface area contributed by atoms with E-state index in [-0.39, 0.29) is 0 Å². The summed E-state index contributed by atoms with van der Waals surface area (Å²) in [6.07, 6.45) is 4.89. The molecule has 0 bridgehead atoms. The first-order chi connectivity index (χ1) is 7.54. The molecule has 94 valence electrons. The van der Waals surface area contributed by atoms with Crippen LogP contribution in [0.4, 0.5) is 0 Å². The summed E-state index contributed by atoms with van der Waals surface area (Å²) in [7, 11) is 1.48. The highest BCUT2D eigenvalue weighted by Gasteiger charge is 2.27. The Morgan fingerprint density at radius 3 is 2.25 bits per heavy atom. The van der Waals surface area contributed by atoms with Crippen molar-refractivity contribution in [1.29, 1.82) is 0 Å². The zero-order valence-corrected chi connectivity index (χ0v) is 10.6. The maximum Gasteiger partial charge on any atom is 0.332 e. The van der Waals surface area contributed by atoms with Crippen LogP contribution in [-0.2, 0) is 9.53 Å². The summed E-state index contributed by atoms with van der Waals surface area (Å²) in [5.41, 5.74) is 0. The summed E-state index contributed by atoms with van der Waals surface area (Å²) in [4.78, 5) is 10.9. The highest BCUT2D eigenvalue weighted by Crippen LogP contribution is 2.35. The van der Waals surface area contributed by atoms with E-state index in [4.69, 9.17) is 9.84 Å². The van der Waals surface area contributed by atoms with Gasteiger partial charge in [-0.25, -0.2) is 4.79 Å². The predicted molar refractivity (Wildman–Crippen MR) is 63.3 cm³/mol. The van der Waals surface area contributed by atoms with Crippen molar-refractivity contribution >= 4 is 5.97 Å². The molecule has 0 spiro atoms. The zero-order valence-electron chi connectivity index (χ0n) is 10.6. The standard InChI is InChI=1S/C13H24O3/c1-9(2)11-6-4-10(5-7-11)8-12(16-3)13(14)15/h9-12H,4-8H2,1-3H3,(H,14,15). The van der Waals surface area contributed by atoms with E-state index in [9.17, 15) is 4.79 Å². The molecular weight excluding hydrogens is 204 g/mol. The molecule has 1 fully saturated rings. The molecule has 0 radical (unpaired) electrons. The van der Waals surface area contributed by atoms with E-state index in [0.717, 1.165) is 24.7 Å². The summed E-state index contributed by atoms with van der Waals surface area (Å²) in [5, 5.41) is 8.92. The van der Waals surface area contributed by atoms with Gasteiger partial charge in [-0.05, 0) is 37.0 Å². The number of carbonyl (C=O) groups is 1. The molecule has 3 heteroatoms. The van der Waals surface area contributed by atoms with Crippen molar-refractivity contribution in [3.05, 3.63) is 0 Å². The molecule has 0 saturated heterocycles. The van der Waals surface area contributed by atoms with Gasteiger partial charge in [-0.15, -0.1) is 0 Å². The predicted octanol–water partition coefficient (Wildman–Crippen LogP) is 2.94. The van der Waals surface area contributed by atoms with Crippen LogP contribution in [0.3, 0.4) is 0 Å². The second-order valence-electron chi connectivity index (χ2n) is 5.32. The molecular formula is C13H24O3. The van der Waals surface area contributed by atoms with Gasteiger partial charge >= 0.3 is 5.97 Å². The van der Waals surface area contributed by atoms with Crippen LogP contribution in [0.2, 0.25) is 0 Å². The zero-order chi connectivity index (χ0) is 12.1. The number of methoxy groups -OCH3 is 1. The highest BCUT2D eigenvalue weighted by atomic mass is 16.5. The fourth-order valence-electron chi connectivity index (χ4n) is 2.69. The van der Waals surface area contributed by atoms with Crippen molar-refractivity contribution < 1.29 is 14.6 Å². The molecule has 0 aliphatic heterocycles. The average Bonchev–Trinajstić information content (AvgIpc) is 2.26.